The van der Waals surface area contributed by atoms with Gasteiger partial charge in [-0.25, -0.2) is 0 Å². The van der Waals surface area contributed by atoms with Gasteiger partial charge in [0.1, 0.15) is 23.1 Å². The van der Waals surface area contributed by atoms with Crippen LogP contribution in [-0.4, -0.2) is 52.8 Å². The molecule has 2 amide bonds. The summed E-state index contributed by atoms with van der Waals surface area (Å²) in [6.45, 7) is 7.34. The third-order valence-corrected chi connectivity index (χ3v) is 9.11. The average Bonchev–Trinajstić information content (AvgIpc) is 2.96. The molecular weight excluding hydrogens is 486 g/mol. The summed E-state index contributed by atoms with van der Waals surface area (Å²) >= 11 is 0. The summed E-state index contributed by atoms with van der Waals surface area (Å²) in [6.07, 6.45) is 10.3. The van der Waals surface area contributed by atoms with Gasteiger partial charge >= 0.3 is 0 Å². The van der Waals surface area contributed by atoms with Gasteiger partial charge in [-0.1, -0.05) is 75.3 Å². The van der Waals surface area contributed by atoms with Crippen LogP contribution in [0.2, 0.25) is 0 Å². The molecule has 3 aliphatic rings. The normalized spacial score (nSPS) is 22.2. The van der Waals surface area contributed by atoms with E-state index in [9.17, 15) is 9.59 Å². The summed E-state index contributed by atoms with van der Waals surface area (Å²) in [5.41, 5.74) is 1.74. The van der Waals surface area contributed by atoms with Crippen LogP contribution in [0.4, 0.5) is 0 Å². The molecule has 6 nitrogen and oxygen atoms in total. The number of nitrogens with zero attached hydrogens (tertiary/aromatic N) is 2. The van der Waals surface area contributed by atoms with Crippen LogP contribution in [0.1, 0.15) is 82.3 Å². The van der Waals surface area contributed by atoms with E-state index >= 15 is 0 Å². The molecule has 2 aromatic carbocycles. The number of piperidine rings is 1. The van der Waals surface area contributed by atoms with Crippen molar-refractivity contribution in [2.75, 3.05) is 19.6 Å². The highest BCUT2D eigenvalue weighted by atomic mass is 16.5. The predicted octanol–water partition coefficient (Wildman–Crippen LogP) is 6.22. The standard InChI is InChI=1S/C33H45N3O3/c1-3-4-20-36-31(37)30(23-26-8-6-5-7-9-26)34-32(38)33(36)18-21-35(22-19-33)24-27-12-16-29(17-13-27)39-28-14-10-25(2)11-15-28/h10-17,26,30H,3-9,18-24H2,1-2H3,(H,34,38)/t30-/m0/s1. The molecule has 2 aliphatic heterocycles. The summed E-state index contributed by atoms with van der Waals surface area (Å²) < 4.78 is 5.98. The van der Waals surface area contributed by atoms with Crippen LogP contribution in [0, 0.1) is 12.8 Å². The van der Waals surface area contributed by atoms with E-state index in [1.165, 1.54) is 43.2 Å². The second kappa shape index (κ2) is 12.5. The van der Waals surface area contributed by atoms with Crippen LogP contribution in [0.5, 0.6) is 11.5 Å². The molecule has 1 saturated carbocycles. The fourth-order valence-corrected chi connectivity index (χ4v) is 6.67. The number of unbranched alkanes of at least 4 members (excludes halogenated alkanes) is 1. The Morgan fingerprint density at radius 3 is 2.21 bits per heavy atom. The van der Waals surface area contributed by atoms with Crippen molar-refractivity contribution < 1.29 is 14.3 Å². The maximum atomic E-state index is 13.8. The Hall–Kier alpha value is -2.86. The van der Waals surface area contributed by atoms with E-state index in [1.807, 2.05) is 41.3 Å². The van der Waals surface area contributed by atoms with E-state index in [2.05, 4.69) is 36.2 Å². The second-order valence-electron chi connectivity index (χ2n) is 12.0. The molecule has 1 atom stereocenters. The first-order chi connectivity index (χ1) is 19.0. The fraction of sp³-hybridized carbons (Fsp3) is 0.576. The van der Waals surface area contributed by atoms with E-state index in [4.69, 9.17) is 4.74 Å². The van der Waals surface area contributed by atoms with Gasteiger partial charge in [0.05, 0.1) is 0 Å². The molecule has 0 aromatic heterocycles. The zero-order chi connectivity index (χ0) is 27.2. The number of likely N-dealkylation sites (tertiary alicyclic amines) is 1. The van der Waals surface area contributed by atoms with Gasteiger partial charge in [-0.05, 0) is 68.4 Å². The summed E-state index contributed by atoms with van der Waals surface area (Å²) in [7, 11) is 0. The number of piperazine rings is 1. The third kappa shape index (κ3) is 6.49. The molecule has 0 radical (unpaired) electrons. The third-order valence-electron chi connectivity index (χ3n) is 9.11. The van der Waals surface area contributed by atoms with Crippen LogP contribution in [0.15, 0.2) is 48.5 Å². The van der Waals surface area contributed by atoms with Crippen LogP contribution >= 0.6 is 0 Å². The smallest absolute Gasteiger partial charge is 0.246 e. The molecule has 3 fully saturated rings. The lowest BCUT2D eigenvalue weighted by molar-refractivity contribution is -0.162. The van der Waals surface area contributed by atoms with Crippen molar-refractivity contribution in [2.45, 2.75) is 96.2 Å². The molecule has 0 unspecified atom stereocenters. The minimum absolute atomic E-state index is 0.0799. The number of hydrogen-bond donors (Lipinski definition) is 1. The zero-order valence-electron chi connectivity index (χ0n) is 23.8. The van der Waals surface area contributed by atoms with E-state index in [0.29, 0.717) is 25.3 Å². The molecule has 2 aromatic rings. The highest BCUT2D eigenvalue weighted by Crippen LogP contribution is 2.36. The highest BCUT2D eigenvalue weighted by molar-refractivity contribution is 6.00. The van der Waals surface area contributed by atoms with Crippen molar-refractivity contribution in [1.82, 2.24) is 15.1 Å². The topological polar surface area (TPSA) is 61.9 Å². The van der Waals surface area contributed by atoms with Gasteiger partial charge in [0.25, 0.3) is 0 Å². The molecular formula is C33H45N3O3. The summed E-state index contributed by atoms with van der Waals surface area (Å²) in [5.74, 6) is 2.46. The van der Waals surface area contributed by atoms with Crippen molar-refractivity contribution in [2.24, 2.45) is 5.92 Å². The Morgan fingerprint density at radius 2 is 1.56 bits per heavy atom. The van der Waals surface area contributed by atoms with E-state index < -0.39 is 5.54 Å². The molecule has 1 spiro atoms. The Kier molecular flexibility index (Phi) is 8.91. The fourth-order valence-electron chi connectivity index (χ4n) is 6.67. The lowest BCUT2D eigenvalue weighted by Gasteiger charge is -2.52. The lowest BCUT2D eigenvalue weighted by Crippen LogP contribution is -2.73. The van der Waals surface area contributed by atoms with E-state index in [-0.39, 0.29) is 17.9 Å². The minimum atomic E-state index is -0.697. The van der Waals surface area contributed by atoms with Crippen LogP contribution < -0.4 is 10.1 Å². The van der Waals surface area contributed by atoms with Gasteiger partial charge in [-0.15, -0.1) is 0 Å². The molecule has 0 bridgehead atoms. The summed E-state index contributed by atoms with van der Waals surface area (Å²) in [4.78, 5) is 31.8. The number of amides is 2. The molecule has 1 aliphatic carbocycles. The Bertz CT molecular complexity index is 1100. The Morgan fingerprint density at radius 1 is 0.923 bits per heavy atom. The molecule has 5 rings (SSSR count). The summed E-state index contributed by atoms with van der Waals surface area (Å²) in [5, 5.41) is 3.21. The SMILES string of the molecule is CCCCN1C(=O)[C@H](CC2CCCCC2)NC(=O)C12CCN(Cc1ccc(Oc3ccc(C)cc3)cc1)CC2. The van der Waals surface area contributed by atoms with Crippen molar-refractivity contribution in [1.29, 1.82) is 0 Å². The quantitative estimate of drug-likeness (QED) is 0.417. The average molecular weight is 532 g/mol. The molecule has 2 heterocycles. The van der Waals surface area contributed by atoms with Crippen LogP contribution in [0.3, 0.4) is 0 Å². The number of rotatable bonds is 9. The Balaban J connectivity index is 1.19. The first-order valence-corrected chi connectivity index (χ1v) is 15.1. The largest absolute Gasteiger partial charge is 0.457 e. The second-order valence-corrected chi connectivity index (χ2v) is 12.0. The molecule has 1 N–H and O–H groups in total. The number of ether oxygens (including phenoxy) is 1. The number of benzene rings is 2. The highest BCUT2D eigenvalue weighted by Gasteiger charge is 2.53. The molecule has 39 heavy (non-hydrogen) atoms. The number of aryl methyl sites for hydroxylation is 1. The van der Waals surface area contributed by atoms with Crippen LogP contribution in [-0.2, 0) is 16.1 Å². The molecule has 210 valence electrons. The van der Waals surface area contributed by atoms with E-state index in [0.717, 1.165) is 50.4 Å². The molecule has 2 saturated heterocycles. The number of nitrogens with one attached hydrogen (secondary N) is 1. The summed E-state index contributed by atoms with van der Waals surface area (Å²) in [6, 6.07) is 16.0. The number of carbonyl (C=O) groups excluding carboxylic acids is 2. The maximum Gasteiger partial charge on any atom is 0.246 e. The number of carbonyl (C=O) groups is 2. The maximum absolute atomic E-state index is 13.8. The Labute approximate surface area is 234 Å². The lowest BCUT2D eigenvalue weighted by atomic mass is 9.79. The molecule has 6 heteroatoms. The predicted molar refractivity (Wildman–Crippen MR) is 155 cm³/mol. The minimum Gasteiger partial charge on any atom is -0.457 e. The van der Waals surface area contributed by atoms with Gasteiger partial charge in [0, 0.05) is 26.2 Å². The van der Waals surface area contributed by atoms with Crippen molar-refractivity contribution in [3.8, 4) is 11.5 Å². The van der Waals surface area contributed by atoms with E-state index in [1.54, 1.807) is 0 Å². The van der Waals surface area contributed by atoms with Crippen LogP contribution in [0.25, 0.3) is 0 Å². The first-order valence-electron chi connectivity index (χ1n) is 15.1. The number of hydrogen-bond acceptors (Lipinski definition) is 4. The van der Waals surface area contributed by atoms with Crippen molar-refractivity contribution >= 4 is 11.8 Å². The van der Waals surface area contributed by atoms with Gasteiger partial charge in [0.2, 0.25) is 11.8 Å². The van der Waals surface area contributed by atoms with Gasteiger partial charge in [-0.3, -0.25) is 14.5 Å². The zero-order valence-corrected chi connectivity index (χ0v) is 23.8. The van der Waals surface area contributed by atoms with Crippen molar-refractivity contribution in [3.63, 3.8) is 0 Å². The monoisotopic (exact) mass is 531 g/mol. The first kappa shape index (κ1) is 27.7. The van der Waals surface area contributed by atoms with Gasteiger partial charge < -0.3 is 15.0 Å². The van der Waals surface area contributed by atoms with Gasteiger partial charge in [0.15, 0.2) is 0 Å². The van der Waals surface area contributed by atoms with Crippen molar-refractivity contribution in [3.05, 3.63) is 59.7 Å². The van der Waals surface area contributed by atoms with Gasteiger partial charge in [-0.2, -0.15) is 0 Å².